The van der Waals surface area contributed by atoms with E-state index in [4.69, 9.17) is 4.42 Å². The van der Waals surface area contributed by atoms with Gasteiger partial charge in [-0.3, -0.25) is 0 Å². The van der Waals surface area contributed by atoms with Crippen LogP contribution in [0.15, 0.2) is 22.6 Å². The molecule has 0 atom stereocenters. The third-order valence-electron chi connectivity index (χ3n) is 3.75. The van der Waals surface area contributed by atoms with Crippen molar-refractivity contribution in [2.75, 3.05) is 0 Å². The highest BCUT2D eigenvalue weighted by atomic mass is 16.3. The van der Waals surface area contributed by atoms with E-state index in [1.807, 2.05) is 0 Å². The maximum absolute atomic E-state index is 6.06. The van der Waals surface area contributed by atoms with Crippen molar-refractivity contribution < 1.29 is 4.42 Å². The predicted octanol–water partition coefficient (Wildman–Crippen LogP) is 4.12. The Morgan fingerprint density at radius 3 is 2.78 bits per heavy atom. The van der Waals surface area contributed by atoms with Gasteiger partial charge in [0.05, 0.1) is 6.54 Å². The zero-order valence-corrected chi connectivity index (χ0v) is 11.4. The van der Waals surface area contributed by atoms with E-state index < -0.39 is 0 Å². The molecule has 0 radical (unpaired) electrons. The summed E-state index contributed by atoms with van der Waals surface area (Å²) in [5, 5.41) is 4.78. The number of hydrogen-bond acceptors (Lipinski definition) is 2. The summed E-state index contributed by atoms with van der Waals surface area (Å²) in [4.78, 5) is 0. The fourth-order valence-electron chi connectivity index (χ4n) is 2.40. The molecule has 0 amide bonds. The Balaban J connectivity index is 1.97. The van der Waals surface area contributed by atoms with E-state index in [-0.39, 0.29) is 0 Å². The van der Waals surface area contributed by atoms with Crippen molar-refractivity contribution >= 4 is 11.0 Å². The van der Waals surface area contributed by atoms with Crippen LogP contribution < -0.4 is 5.32 Å². The predicted molar refractivity (Wildman–Crippen MR) is 74.9 cm³/mol. The second-order valence-corrected chi connectivity index (χ2v) is 5.74. The van der Waals surface area contributed by atoms with Gasteiger partial charge in [-0.05, 0) is 42.9 Å². The van der Waals surface area contributed by atoms with E-state index in [0.717, 1.165) is 23.9 Å². The molecule has 96 valence electrons. The van der Waals surface area contributed by atoms with Gasteiger partial charge in [-0.2, -0.15) is 0 Å². The molecule has 1 aliphatic carbocycles. The van der Waals surface area contributed by atoms with Crippen LogP contribution in [0.25, 0.3) is 11.0 Å². The Morgan fingerprint density at radius 1 is 1.33 bits per heavy atom. The number of nitrogens with one attached hydrogen (secondary N) is 1. The van der Waals surface area contributed by atoms with Gasteiger partial charge in [0.1, 0.15) is 11.3 Å². The lowest BCUT2D eigenvalue weighted by Crippen LogP contribution is -2.14. The summed E-state index contributed by atoms with van der Waals surface area (Å²) in [5.74, 6) is 1.57. The van der Waals surface area contributed by atoms with Crippen LogP contribution in [-0.4, -0.2) is 6.04 Å². The molecule has 1 saturated carbocycles. The molecule has 1 fully saturated rings. The molecule has 0 unspecified atom stereocenters. The highest BCUT2D eigenvalue weighted by Gasteiger charge is 2.21. The second-order valence-electron chi connectivity index (χ2n) is 5.74. The molecule has 3 rings (SSSR count). The van der Waals surface area contributed by atoms with Crippen LogP contribution in [0, 0.1) is 6.92 Å². The quantitative estimate of drug-likeness (QED) is 0.874. The van der Waals surface area contributed by atoms with Gasteiger partial charge in [-0.1, -0.05) is 26.0 Å². The summed E-state index contributed by atoms with van der Waals surface area (Å²) in [5.41, 5.74) is 3.70. The monoisotopic (exact) mass is 243 g/mol. The minimum atomic E-state index is 0.503. The number of rotatable bonds is 4. The van der Waals surface area contributed by atoms with Crippen molar-refractivity contribution in [3.05, 3.63) is 35.1 Å². The smallest absolute Gasteiger partial charge is 0.138 e. The molecule has 0 saturated heterocycles. The van der Waals surface area contributed by atoms with Gasteiger partial charge in [-0.25, -0.2) is 0 Å². The highest BCUT2D eigenvalue weighted by Crippen LogP contribution is 2.31. The fourth-order valence-corrected chi connectivity index (χ4v) is 2.40. The summed E-state index contributed by atoms with van der Waals surface area (Å²) in [6.07, 6.45) is 2.63. The van der Waals surface area contributed by atoms with E-state index >= 15 is 0 Å². The van der Waals surface area contributed by atoms with Crippen molar-refractivity contribution in [2.45, 2.75) is 52.1 Å². The lowest BCUT2D eigenvalue weighted by molar-refractivity contribution is 0.509. The van der Waals surface area contributed by atoms with E-state index in [1.165, 1.54) is 29.4 Å². The Labute approximate surface area is 108 Å². The minimum absolute atomic E-state index is 0.503. The molecule has 1 aliphatic rings. The van der Waals surface area contributed by atoms with Crippen LogP contribution in [0.2, 0.25) is 0 Å². The lowest BCUT2D eigenvalue weighted by Gasteiger charge is -2.06. The molecule has 2 nitrogen and oxygen atoms in total. The summed E-state index contributed by atoms with van der Waals surface area (Å²) < 4.78 is 6.06. The molecule has 2 heteroatoms. The van der Waals surface area contributed by atoms with Gasteiger partial charge in [0.2, 0.25) is 0 Å². The summed E-state index contributed by atoms with van der Waals surface area (Å²) in [6.45, 7) is 7.44. The van der Waals surface area contributed by atoms with Crippen molar-refractivity contribution in [1.82, 2.24) is 5.32 Å². The van der Waals surface area contributed by atoms with Gasteiger partial charge < -0.3 is 9.73 Å². The molecule has 1 N–H and O–H groups in total. The van der Waals surface area contributed by atoms with E-state index in [9.17, 15) is 0 Å². The minimum Gasteiger partial charge on any atom is -0.459 e. The average Bonchev–Trinajstić information content (AvgIpc) is 3.05. The number of furan rings is 1. The van der Waals surface area contributed by atoms with E-state index in [1.54, 1.807) is 0 Å². The maximum atomic E-state index is 6.06. The van der Waals surface area contributed by atoms with Crippen LogP contribution in [0.4, 0.5) is 0 Å². The first-order chi connectivity index (χ1) is 8.65. The van der Waals surface area contributed by atoms with E-state index in [0.29, 0.717) is 5.92 Å². The van der Waals surface area contributed by atoms with Crippen LogP contribution in [0.5, 0.6) is 0 Å². The zero-order chi connectivity index (χ0) is 12.7. The Hall–Kier alpha value is -1.28. The lowest BCUT2D eigenvalue weighted by atomic mass is 9.99. The average molecular weight is 243 g/mol. The van der Waals surface area contributed by atoms with Gasteiger partial charge >= 0.3 is 0 Å². The number of fused-ring (bicyclic) bond motifs is 1. The number of aryl methyl sites for hydroxylation is 1. The first-order valence-electron chi connectivity index (χ1n) is 6.90. The fraction of sp³-hybridized carbons (Fsp3) is 0.500. The Kier molecular flexibility index (Phi) is 2.90. The molecule has 0 aliphatic heterocycles. The zero-order valence-electron chi connectivity index (χ0n) is 11.4. The van der Waals surface area contributed by atoms with Crippen molar-refractivity contribution in [1.29, 1.82) is 0 Å². The first kappa shape index (κ1) is 11.8. The number of benzene rings is 1. The molecule has 2 aromatic rings. The third-order valence-corrected chi connectivity index (χ3v) is 3.75. The number of hydrogen-bond donors (Lipinski definition) is 1. The van der Waals surface area contributed by atoms with Crippen molar-refractivity contribution in [2.24, 2.45) is 0 Å². The van der Waals surface area contributed by atoms with Crippen molar-refractivity contribution in [3.8, 4) is 0 Å². The molecular formula is C16H21NO. The Bertz CT molecular complexity index is 564. The first-order valence-corrected chi connectivity index (χ1v) is 6.90. The molecule has 1 aromatic carbocycles. The van der Waals surface area contributed by atoms with Crippen LogP contribution in [0.1, 0.15) is 49.5 Å². The maximum Gasteiger partial charge on any atom is 0.138 e. The van der Waals surface area contributed by atoms with Crippen LogP contribution >= 0.6 is 0 Å². The highest BCUT2D eigenvalue weighted by molar-refractivity contribution is 5.84. The van der Waals surface area contributed by atoms with E-state index in [2.05, 4.69) is 44.3 Å². The van der Waals surface area contributed by atoms with Gasteiger partial charge in [0.25, 0.3) is 0 Å². The molecular weight excluding hydrogens is 222 g/mol. The topological polar surface area (TPSA) is 25.2 Å². The Morgan fingerprint density at radius 2 is 2.11 bits per heavy atom. The van der Waals surface area contributed by atoms with Crippen molar-refractivity contribution in [3.63, 3.8) is 0 Å². The largest absolute Gasteiger partial charge is 0.459 e. The van der Waals surface area contributed by atoms with Gasteiger partial charge in [-0.15, -0.1) is 0 Å². The van der Waals surface area contributed by atoms with Gasteiger partial charge in [0.15, 0.2) is 0 Å². The third kappa shape index (κ3) is 2.17. The second kappa shape index (κ2) is 4.43. The molecule has 1 heterocycles. The molecule has 1 aromatic heterocycles. The molecule has 0 bridgehead atoms. The van der Waals surface area contributed by atoms with Crippen LogP contribution in [-0.2, 0) is 6.54 Å². The van der Waals surface area contributed by atoms with Crippen LogP contribution in [0.3, 0.4) is 0 Å². The molecule has 18 heavy (non-hydrogen) atoms. The normalized spacial score (nSPS) is 15.8. The SMILES string of the molecule is Cc1ccc(C(C)C)c2oc(CNC3CC3)cc12. The summed E-state index contributed by atoms with van der Waals surface area (Å²) in [6, 6.07) is 7.32. The summed E-state index contributed by atoms with van der Waals surface area (Å²) >= 11 is 0. The summed E-state index contributed by atoms with van der Waals surface area (Å²) in [7, 11) is 0. The molecule has 0 spiro atoms. The standard InChI is InChI=1S/C16H21NO/c1-10(2)14-7-4-11(3)15-8-13(18-16(14)15)9-17-12-5-6-12/h4,7-8,10,12,17H,5-6,9H2,1-3H3. The van der Waals surface area contributed by atoms with Gasteiger partial charge in [0, 0.05) is 11.4 Å².